The van der Waals surface area contributed by atoms with Crippen LogP contribution in [0.15, 0.2) is 60.9 Å². The third kappa shape index (κ3) is 3.55. The molecule has 0 saturated heterocycles. The second-order valence-corrected chi connectivity index (χ2v) is 7.46. The fraction of sp³-hybridized carbons (Fsp3) is 0. The van der Waals surface area contributed by atoms with Crippen molar-refractivity contribution in [1.82, 2.24) is 9.97 Å². The molecule has 3 aromatic rings. The fourth-order valence-corrected chi connectivity index (χ4v) is 4.58. The first-order valence-electron chi connectivity index (χ1n) is 6.61. The van der Waals surface area contributed by atoms with Gasteiger partial charge in [0.2, 0.25) is 0 Å². The number of hydrogen-bond acceptors (Lipinski definition) is 3. The molecule has 2 aromatic heterocycles. The molecule has 3 nitrogen and oxygen atoms in total. The number of nitrogens with zero attached hydrogens (tertiary/aromatic N) is 2. The molecule has 116 valence electrons. The van der Waals surface area contributed by atoms with Gasteiger partial charge < -0.3 is 0 Å². The maximum atomic E-state index is 14.3. The second-order valence-electron chi connectivity index (χ2n) is 4.49. The van der Waals surface area contributed by atoms with Gasteiger partial charge in [0.05, 0.1) is 0 Å². The Bertz CT molecular complexity index is 842. The van der Waals surface area contributed by atoms with E-state index in [1.807, 2.05) is 0 Å². The van der Waals surface area contributed by atoms with E-state index in [1.165, 1.54) is 18.5 Å². The predicted octanol–water partition coefficient (Wildman–Crippen LogP) is 2.97. The van der Waals surface area contributed by atoms with Crippen molar-refractivity contribution in [2.24, 2.45) is 0 Å². The molecule has 0 amide bonds. The Morgan fingerprint density at radius 2 is 1.70 bits per heavy atom. The minimum absolute atomic E-state index is 0.187. The molecule has 0 aliphatic heterocycles. The van der Waals surface area contributed by atoms with Gasteiger partial charge in [-0.2, -0.15) is 0 Å². The van der Waals surface area contributed by atoms with E-state index in [9.17, 15) is 13.6 Å². The monoisotopic (exact) mass is 489 g/mol. The summed E-state index contributed by atoms with van der Waals surface area (Å²) in [6, 6.07) is 12.1. The molecular formula is C17H10F2IrN2O+. The second kappa shape index (κ2) is 6.85. The van der Waals surface area contributed by atoms with Gasteiger partial charge in [-0.1, -0.05) is 0 Å². The Kier molecular flexibility index (Phi) is 4.65. The molecular weight excluding hydrogens is 478 g/mol. The Morgan fingerprint density at radius 1 is 0.957 bits per heavy atom. The molecule has 2 heterocycles. The Hall–Kier alpha value is -2.30. The minimum atomic E-state index is -1.48. The number of rotatable bonds is 4. The van der Waals surface area contributed by atoms with E-state index < -0.39 is 29.3 Å². The first-order valence-corrected chi connectivity index (χ1v) is 9.01. The van der Waals surface area contributed by atoms with Crippen molar-refractivity contribution in [3.63, 3.8) is 0 Å². The van der Waals surface area contributed by atoms with E-state index in [0.29, 0.717) is 15.5 Å². The Labute approximate surface area is 139 Å². The van der Waals surface area contributed by atoms with Gasteiger partial charge in [0.15, 0.2) is 0 Å². The molecule has 0 fully saturated rings. The van der Waals surface area contributed by atoms with Crippen molar-refractivity contribution < 1.29 is 31.3 Å². The van der Waals surface area contributed by atoms with Crippen molar-refractivity contribution in [3.8, 4) is 11.3 Å². The number of aromatic nitrogens is 2. The van der Waals surface area contributed by atoms with Crippen LogP contribution in [0.5, 0.6) is 0 Å². The van der Waals surface area contributed by atoms with Crippen LogP contribution in [0.4, 0.5) is 8.78 Å². The number of hydrogen-bond donors (Lipinski definition) is 0. The first-order chi connectivity index (χ1) is 11.1. The van der Waals surface area contributed by atoms with E-state index >= 15 is 0 Å². The zero-order chi connectivity index (χ0) is 16.2. The normalized spacial score (nSPS) is 10.7. The van der Waals surface area contributed by atoms with Gasteiger partial charge in [0.1, 0.15) is 0 Å². The molecule has 1 aromatic carbocycles. The van der Waals surface area contributed by atoms with Crippen LogP contribution in [0.2, 0.25) is 0 Å². The quantitative estimate of drug-likeness (QED) is 0.567. The van der Waals surface area contributed by atoms with Crippen LogP contribution in [0, 0.1) is 11.6 Å². The van der Waals surface area contributed by atoms with Gasteiger partial charge in [-0.05, 0) is 0 Å². The summed E-state index contributed by atoms with van der Waals surface area (Å²) in [7, 11) is 0. The van der Waals surface area contributed by atoms with Crippen molar-refractivity contribution in [2.75, 3.05) is 0 Å². The maximum absolute atomic E-state index is 14.3. The molecule has 0 aliphatic rings. The van der Waals surface area contributed by atoms with Gasteiger partial charge >= 0.3 is 139 Å². The van der Waals surface area contributed by atoms with Crippen LogP contribution in [-0.4, -0.2) is 14.3 Å². The van der Waals surface area contributed by atoms with Crippen molar-refractivity contribution in [2.45, 2.75) is 0 Å². The summed E-state index contributed by atoms with van der Waals surface area (Å²) in [5, 5.41) is 0. The van der Waals surface area contributed by atoms with Crippen molar-refractivity contribution in [1.29, 1.82) is 0 Å². The molecule has 0 bridgehead atoms. The van der Waals surface area contributed by atoms with Crippen LogP contribution in [-0.2, 0) is 17.7 Å². The first kappa shape index (κ1) is 15.6. The molecule has 3 rings (SSSR count). The molecule has 0 N–H and O–H groups in total. The summed E-state index contributed by atoms with van der Waals surface area (Å²) >= 11 is -1.48. The van der Waals surface area contributed by atoms with E-state index in [0.717, 1.165) is 6.07 Å². The van der Waals surface area contributed by atoms with E-state index in [-0.39, 0.29) is 9.86 Å². The van der Waals surface area contributed by atoms with Crippen molar-refractivity contribution >= 4 is 8.37 Å². The predicted molar refractivity (Wildman–Crippen MR) is 77.8 cm³/mol. The summed E-state index contributed by atoms with van der Waals surface area (Å²) in [5.41, 5.74) is 0.887. The van der Waals surface area contributed by atoms with Crippen molar-refractivity contribution in [3.05, 3.63) is 78.3 Å². The average Bonchev–Trinajstić information content (AvgIpc) is 2.56. The van der Waals surface area contributed by atoms with Gasteiger partial charge in [-0.25, -0.2) is 0 Å². The molecule has 23 heavy (non-hydrogen) atoms. The van der Waals surface area contributed by atoms with Crippen LogP contribution < -0.4 is 4.08 Å². The van der Waals surface area contributed by atoms with Gasteiger partial charge in [-0.3, -0.25) is 0 Å². The van der Waals surface area contributed by atoms with Crippen LogP contribution in [0.1, 0.15) is 10.5 Å². The Morgan fingerprint density at radius 3 is 2.35 bits per heavy atom. The molecule has 0 radical (unpaired) electrons. The molecule has 0 atom stereocenters. The fourth-order valence-electron chi connectivity index (χ4n) is 1.94. The third-order valence-electron chi connectivity index (χ3n) is 2.93. The zero-order valence-corrected chi connectivity index (χ0v) is 14.1. The van der Waals surface area contributed by atoms with Gasteiger partial charge in [0, 0.05) is 0 Å². The van der Waals surface area contributed by atoms with E-state index in [4.69, 9.17) is 0 Å². The zero-order valence-electron chi connectivity index (χ0n) is 11.7. The molecule has 0 unspecified atom stereocenters. The molecule has 6 heteroatoms. The summed E-state index contributed by atoms with van der Waals surface area (Å²) in [6.45, 7) is 0. The van der Waals surface area contributed by atoms with Gasteiger partial charge in [0.25, 0.3) is 0 Å². The number of pyridine rings is 2. The number of carbonyl (C=O) groups excluding carboxylic acids is 1. The van der Waals surface area contributed by atoms with E-state index in [2.05, 4.69) is 9.97 Å². The van der Waals surface area contributed by atoms with Crippen LogP contribution in [0.3, 0.4) is 0 Å². The Balaban J connectivity index is 2.03. The van der Waals surface area contributed by atoms with Crippen LogP contribution in [0.25, 0.3) is 11.3 Å². The topological polar surface area (TPSA) is 42.9 Å². The van der Waals surface area contributed by atoms with E-state index in [1.54, 1.807) is 36.4 Å². The molecule has 0 spiro atoms. The van der Waals surface area contributed by atoms with Crippen LogP contribution >= 0.6 is 0 Å². The summed E-state index contributed by atoms with van der Waals surface area (Å²) < 4.78 is 28.1. The summed E-state index contributed by atoms with van der Waals surface area (Å²) in [6.07, 6.45) is 3.05. The SMILES string of the molecule is O=[C]([Ir+][c]1cc(F)cc(F)c1-c1ccccn1)c1ccccn1. The average molecular weight is 488 g/mol. The van der Waals surface area contributed by atoms with Gasteiger partial charge in [-0.15, -0.1) is 0 Å². The summed E-state index contributed by atoms with van der Waals surface area (Å²) in [4.78, 5) is 20.5. The number of carbonyl (C=O) groups is 1. The number of benzene rings is 1. The molecule has 0 aliphatic carbocycles. The standard InChI is InChI=1S/C11H6F2N.C6H4NO.Ir/c12-8-4-5-9(10(13)7-8)11-3-1-2-6-14-11;8-5-6-3-1-2-4-7-6;/h1-4,6-7H;1-4H;/q;;+1. The number of halogens is 2. The third-order valence-corrected chi connectivity index (χ3v) is 5.68. The summed E-state index contributed by atoms with van der Waals surface area (Å²) in [5.74, 6) is -1.41. The molecule has 0 saturated carbocycles.